The molecule has 3 aromatic rings. The minimum absolute atomic E-state index is 0.0680. The maximum absolute atomic E-state index is 6.19. The lowest BCUT2D eigenvalue weighted by Crippen LogP contribution is -2.22. The molecule has 0 bridgehead atoms. The van der Waals surface area contributed by atoms with Gasteiger partial charge in [0.15, 0.2) is 10.3 Å². The summed E-state index contributed by atoms with van der Waals surface area (Å²) >= 11 is 9.63. The third kappa shape index (κ3) is 2.89. The van der Waals surface area contributed by atoms with Crippen LogP contribution in [0, 0.1) is 0 Å². The highest BCUT2D eigenvalue weighted by atomic mass is 79.9. The van der Waals surface area contributed by atoms with Crippen LogP contribution in [0.1, 0.15) is 30.7 Å². The van der Waals surface area contributed by atoms with E-state index in [1.807, 2.05) is 30.3 Å². The summed E-state index contributed by atoms with van der Waals surface area (Å²) in [7, 11) is 0. The maximum atomic E-state index is 6.19. The van der Waals surface area contributed by atoms with Crippen molar-refractivity contribution in [3.8, 4) is 0 Å². The van der Waals surface area contributed by atoms with Crippen LogP contribution >= 0.6 is 27.5 Å². The molecule has 0 saturated heterocycles. The van der Waals surface area contributed by atoms with Gasteiger partial charge in [-0.2, -0.15) is 0 Å². The lowest BCUT2D eigenvalue weighted by molar-refractivity contribution is 0.460. The number of furan rings is 2. The quantitative estimate of drug-likeness (QED) is 0.643. The summed E-state index contributed by atoms with van der Waals surface area (Å²) in [5.74, 6) is 0.827. The molecule has 1 aromatic carbocycles. The number of para-hydroxylation sites is 1. The van der Waals surface area contributed by atoms with Gasteiger partial charge in [0.25, 0.3) is 0 Å². The van der Waals surface area contributed by atoms with Gasteiger partial charge in [0, 0.05) is 10.9 Å². The molecule has 0 aliphatic carbocycles. The van der Waals surface area contributed by atoms with Gasteiger partial charge < -0.3 is 14.2 Å². The molecule has 0 aliphatic heterocycles. The molecule has 0 spiro atoms. The number of fused-ring (bicyclic) bond motifs is 1. The summed E-state index contributed by atoms with van der Waals surface area (Å²) in [5, 5.41) is 5.11. The summed E-state index contributed by atoms with van der Waals surface area (Å²) in [4.78, 5) is 0. The Kier molecular flexibility index (Phi) is 4.38. The van der Waals surface area contributed by atoms with Crippen molar-refractivity contribution in [1.29, 1.82) is 0 Å². The highest BCUT2D eigenvalue weighted by molar-refractivity contribution is 9.10. The first-order chi connectivity index (χ1) is 10.2. The Hall–Kier alpha value is -1.23. The molecule has 5 heteroatoms. The second kappa shape index (κ2) is 6.26. The van der Waals surface area contributed by atoms with Crippen LogP contribution < -0.4 is 5.32 Å². The predicted molar refractivity (Wildman–Crippen MR) is 87.8 cm³/mol. The van der Waals surface area contributed by atoms with Gasteiger partial charge >= 0.3 is 0 Å². The number of nitrogens with one attached hydrogen (secondary N) is 1. The zero-order chi connectivity index (χ0) is 14.8. The van der Waals surface area contributed by atoms with Crippen LogP contribution in [0.15, 0.2) is 50.1 Å². The van der Waals surface area contributed by atoms with E-state index in [9.17, 15) is 0 Å². The van der Waals surface area contributed by atoms with Crippen LogP contribution in [0.2, 0.25) is 5.02 Å². The Morgan fingerprint density at radius 1 is 1.33 bits per heavy atom. The van der Waals surface area contributed by atoms with Crippen molar-refractivity contribution in [1.82, 2.24) is 5.32 Å². The average Bonchev–Trinajstić information content (AvgIpc) is 3.07. The predicted octanol–water partition coefficient (Wildman–Crippen LogP) is 5.53. The summed E-state index contributed by atoms with van der Waals surface area (Å²) < 4.78 is 12.0. The Morgan fingerprint density at radius 2 is 2.19 bits per heavy atom. The van der Waals surface area contributed by atoms with Gasteiger partial charge in [0.1, 0.15) is 5.76 Å². The molecule has 2 aromatic heterocycles. The zero-order valence-corrected chi connectivity index (χ0v) is 13.9. The molecule has 110 valence electrons. The van der Waals surface area contributed by atoms with E-state index in [-0.39, 0.29) is 6.04 Å². The largest absolute Gasteiger partial charge is 0.457 e. The Labute approximate surface area is 136 Å². The van der Waals surface area contributed by atoms with E-state index in [0.29, 0.717) is 9.69 Å². The molecule has 0 fully saturated rings. The fraction of sp³-hybridized carbons (Fsp3) is 0.250. The van der Waals surface area contributed by atoms with Gasteiger partial charge in [-0.1, -0.05) is 30.7 Å². The number of hydrogen-bond acceptors (Lipinski definition) is 3. The first-order valence-corrected chi connectivity index (χ1v) is 8.02. The average molecular weight is 369 g/mol. The van der Waals surface area contributed by atoms with E-state index >= 15 is 0 Å². The molecule has 21 heavy (non-hydrogen) atoms. The van der Waals surface area contributed by atoms with Crippen molar-refractivity contribution in [2.75, 3.05) is 6.54 Å². The molecule has 0 aliphatic rings. The molecule has 2 heterocycles. The number of benzene rings is 1. The fourth-order valence-electron chi connectivity index (χ4n) is 2.35. The number of halogens is 2. The number of hydrogen-bond donors (Lipinski definition) is 1. The van der Waals surface area contributed by atoms with Crippen molar-refractivity contribution in [3.05, 3.63) is 57.6 Å². The first kappa shape index (κ1) is 14.7. The molecule has 1 atom stereocenters. The van der Waals surface area contributed by atoms with E-state index in [1.54, 1.807) is 6.26 Å². The van der Waals surface area contributed by atoms with Crippen LogP contribution in [0.3, 0.4) is 0 Å². The summed E-state index contributed by atoms with van der Waals surface area (Å²) in [5.41, 5.74) is 1.73. The van der Waals surface area contributed by atoms with E-state index in [2.05, 4.69) is 28.2 Å². The van der Waals surface area contributed by atoms with E-state index < -0.39 is 0 Å². The molecule has 3 nitrogen and oxygen atoms in total. The third-order valence-corrected chi connectivity index (χ3v) is 4.30. The molecule has 3 rings (SSSR count). The molecule has 0 saturated carbocycles. The molecule has 0 radical (unpaired) electrons. The molecular weight excluding hydrogens is 354 g/mol. The lowest BCUT2D eigenvalue weighted by Gasteiger charge is -2.15. The fourth-order valence-corrected chi connectivity index (χ4v) is 3.04. The topological polar surface area (TPSA) is 38.3 Å². The van der Waals surface area contributed by atoms with Gasteiger partial charge in [-0.25, -0.2) is 0 Å². The molecular formula is C16H15BrClNO2. The molecule has 0 amide bonds. The van der Waals surface area contributed by atoms with Gasteiger partial charge in [-0.05, 0) is 47.1 Å². The van der Waals surface area contributed by atoms with E-state index in [1.165, 1.54) is 0 Å². The smallest absolute Gasteiger partial charge is 0.174 e. The maximum Gasteiger partial charge on any atom is 0.174 e. The highest BCUT2D eigenvalue weighted by Crippen LogP contribution is 2.34. The van der Waals surface area contributed by atoms with Gasteiger partial charge in [-0.3, -0.25) is 0 Å². The van der Waals surface area contributed by atoms with Crippen molar-refractivity contribution in [2.24, 2.45) is 0 Å². The van der Waals surface area contributed by atoms with Crippen molar-refractivity contribution in [2.45, 2.75) is 19.4 Å². The van der Waals surface area contributed by atoms with E-state index in [4.69, 9.17) is 20.4 Å². The Bertz CT molecular complexity index is 750. The van der Waals surface area contributed by atoms with Crippen LogP contribution in [0.25, 0.3) is 11.0 Å². The van der Waals surface area contributed by atoms with Crippen molar-refractivity contribution >= 4 is 38.5 Å². The minimum Gasteiger partial charge on any atom is -0.457 e. The molecule has 1 unspecified atom stereocenters. The van der Waals surface area contributed by atoms with Crippen LogP contribution in [-0.2, 0) is 0 Å². The summed E-state index contributed by atoms with van der Waals surface area (Å²) in [6.45, 7) is 3.01. The van der Waals surface area contributed by atoms with Crippen LogP contribution in [0.4, 0.5) is 0 Å². The summed E-state index contributed by atoms with van der Waals surface area (Å²) in [6, 6.07) is 9.64. The van der Waals surface area contributed by atoms with E-state index in [0.717, 1.165) is 35.3 Å². The normalized spacial score (nSPS) is 12.9. The van der Waals surface area contributed by atoms with Crippen molar-refractivity contribution in [3.63, 3.8) is 0 Å². The monoisotopic (exact) mass is 367 g/mol. The SMILES string of the molecule is CCCNC(c1cc2cccc(Cl)c2o1)c1ccoc1Br. The standard InChI is InChI=1S/C16H15BrClNO2/c1-2-7-19-14(11-6-8-20-16(11)17)13-9-10-4-3-5-12(18)15(10)21-13/h3-6,8-9,14,19H,2,7H2,1H3. The summed E-state index contributed by atoms with van der Waals surface area (Å²) in [6.07, 6.45) is 2.70. The Balaban J connectivity index is 2.05. The molecule has 1 N–H and O–H groups in total. The van der Waals surface area contributed by atoms with Crippen LogP contribution in [-0.4, -0.2) is 6.54 Å². The van der Waals surface area contributed by atoms with Gasteiger partial charge in [0.2, 0.25) is 0 Å². The Morgan fingerprint density at radius 3 is 2.86 bits per heavy atom. The lowest BCUT2D eigenvalue weighted by atomic mass is 10.1. The highest BCUT2D eigenvalue weighted by Gasteiger charge is 2.22. The van der Waals surface area contributed by atoms with Crippen molar-refractivity contribution < 1.29 is 8.83 Å². The second-order valence-corrected chi connectivity index (χ2v) is 5.97. The third-order valence-electron chi connectivity index (χ3n) is 3.36. The zero-order valence-electron chi connectivity index (χ0n) is 11.5. The van der Waals surface area contributed by atoms with Gasteiger partial charge in [0.05, 0.1) is 17.3 Å². The van der Waals surface area contributed by atoms with Gasteiger partial charge in [-0.15, -0.1) is 0 Å². The second-order valence-electron chi connectivity index (χ2n) is 4.84. The number of rotatable bonds is 5. The van der Waals surface area contributed by atoms with Crippen LogP contribution in [0.5, 0.6) is 0 Å². The minimum atomic E-state index is -0.0680. The first-order valence-electron chi connectivity index (χ1n) is 6.85.